The maximum absolute atomic E-state index is 6.85. The van der Waals surface area contributed by atoms with Gasteiger partial charge in [-0.05, 0) is 23.1 Å². The van der Waals surface area contributed by atoms with Crippen molar-refractivity contribution in [1.82, 2.24) is 19.9 Å². The Morgan fingerprint density at radius 2 is 0.956 bits per heavy atom. The van der Waals surface area contributed by atoms with Crippen LogP contribution < -0.4 is 0 Å². The molecule has 0 amide bonds. The first-order valence-electron chi connectivity index (χ1n) is 14.9. The summed E-state index contributed by atoms with van der Waals surface area (Å²) in [6, 6.07) is 47.3. The monoisotopic (exact) mass is 576 g/mol. The summed E-state index contributed by atoms with van der Waals surface area (Å²) >= 11 is 0. The Kier molecular flexibility index (Phi) is 5.74. The van der Waals surface area contributed by atoms with Crippen molar-refractivity contribution in [2.75, 3.05) is 0 Å². The molecule has 0 unspecified atom stereocenters. The molecule has 0 fully saturated rings. The molecule has 0 radical (unpaired) electrons. The second kappa shape index (κ2) is 10.2. The topological polar surface area (TPSA) is 64.7 Å². The van der Waals surface area contributed by atoms with Crippen molar-refractivity contribution in [2.45, 2.75) is 0 Å². The van der Waals surface area contributed by atoms with E-state index in [1.165, 1.54) is 0 Å². The number of furan rings is 1. The van der Waals surface area contributed by atoms with Crippen molar-refractivity contribution in [3.8, 4) is 45.3 Å². The first kappa shape index (κ1) is 25.3. The molecule has 0 bridgehead atoms. The highest BCUT2D eigenvalue weighted by Gasteiger charge is 2.20. The zero-order chi connectivity index (χ0) is 29.7. The van der Waals surface area contributed by atoms with Crippen LogP contribution in [-0.2, 0) is 0 Å². The van der Waals surface area contributed by atoms with Crippen LogP contribution in [0.1, 0.15) is 0 Å². The van der Waals surface area contributed by atoms with Crippen LogP contribution in [0.4, 0.5) is 0 Å². The normalized spacial score (nSPS) is 11.6. The molecule has 6 aromatic carbocycles. The smallest absolute Gasteiger partial charge is 0.167 e. The highest BCUT2D eigenvalue weighted by molar-refractivity contribution is 6.18. The molecule has 0 saturated heterocycles. The van der Waals surface area contributed by atoms with Crippen LogP contribution in [0.5, 0.6) is 0 Å². The molecule has 5 nitrogen and oxygen atoms in total. The van der Waals surface area contributed by atoms with Gasteiger partial charge in [-0.1, -0.05) is 127 Å². The maximum atomic E-state index is 6.85. The largest absolute Gasteiger partial charge is 0.455 e. The van der Waals surface area contributed by atoms with Crippen LogP contribution in [0.15, 0.2) is 150 Å². The number of benzene rings is 6. The van der Waals surface area contributed by atoms with Gasteiger partial charge in [-0.3, -0.25) is 4.98 Å². The summed E-state index contributed by atoms with van der Waals surface area (Å²) in [4.78, 5) is 19.6. The molecule has 0 aliphatic carbocycles. The molecule has 210 valence electrons. The predicted octanol–water partition coefficient (Wildman–Crippen LogP) is 10.1. The predicted molar refractivity (Wildman–Crippen MR) is 182 cm³/mol. The third-order valence-corrected chi connectivity index (χ3v) is 8.37. The van der Waals surface area contributed by atoms with E-state index in [1.54, 1.807) is 0 Å². The summed E-state index contributed by atoms with van der Waals surface area (Å²) in [7, 11) is 0. The number of para-hydroxylation sites is 2. The van der Waals surface area contributed by atoms with E-state index < -0.39 is 0 Å². The molecule has 9 rings (SSSR count). The lowest BCUT2D eigenvalue weighted by atomic mass is 9.95. The fourth-order valence-electron chi connectivity index (χ4n) is 6.28. The standard InChI is InChI=1S/C40H24N4O/c1-3-11-27(12-4-1)38-42-39(28-13-5-2-6-14-28)44-40(43-38)33-21-9-20-32-31-19-8-18-30(36(31)45-37(32)33)29-17-7-15-25-22-23-26-16-10-24-41-35(26)34(25)29/h1-24H. The molecule has 0 spiro atoms. The summed E-state index contributed by atoms with van der Waals surface area (Å²) in [5, 5.41) is 5.40. The number of nitrogens with zero attached hydrogens (tertiary/aromatic N) is 4. The van der Waals surface area contributed by atoms with Crippen LogP contribution in [0.3, 0.4) is 0 Å². The van der Waals surface area contributed by atoms with Gasteiger partial charge >= 0.3 is 0 Å². The number of hydrogen-bond donors (Lipinski definition) is 0. The maximum Gasteiger partial charge on any atom is 0.167 e. The van der Waals surface area contributed by atoms with E-state index in [4.69, 9.17) is 24.4 Å². The molecule has 3 aromatic heterocycles. The van der Waals surface area contributed by atoms with Gasteiger partial charge in [-0.2, -0.15) is 0 Å². The van der Waals surface area contributed by atoms with Gasteiger partial charge < -0.3 is 4.42 Å². The van der Waals surface area contributed by atoms with E-state index in [0.29, 0.717) is 17.5 Å². The highest BCUT2D eigenvalue weighted by atomic mass is 16.3. The molecule has 0 N–H and O–H groups in total. The van der Waals surface area contributed by atoms with Crippen molar-refractivity contribution < 1.29 is 4.42 Å². The van der Waals surface area contributed by atoms with E-state index in [2.05, 4.69) is 60.7 Å². The minimum atomic E-state index is 0.564. The molecule has 9 aromatic rings. The lowest BCUT2D eigenvalue weighted by molar-refractivity contribution is 0.670. The molecule has 0 aliphatic heterocycles. The molecule has 45 heavy (non-hydrogen) atoms. The third kappa shape index (κ3) is 4.17. The summed E-state index contributed by atoms with van der Waals surface area (Å²) in [6.45, 7) is 0. The minimum absolute atomic E-state index is 0.564. The Morgan fingerprint density at radius 1 is 0.400 bits per heavy atom. The number of rotatable bonds is 4. The molecule has 0 aliphatic rings. The quantitative estimate of drug-likeness (QED) is 0.195. The van der Waals surface area contributed by atoms with Crippen LogP contribution >= 0.6 is 0 Å². The zero-order valence-electron chi connectivity index (χ0n) is 24.1. The summed E-state index contributed by atoms with van der Waals surface area (Å²) in [6.07, 6.45) is 1.86. The van der Waals surface area contributed by atoms with E-state index in [0.717, 1.165) is 71.4 Å². The summed E-state index contributed by atoms with van der Waals surface area (Å²) < 4.78 is 6.85. The van der Waals surface area contributed by atoms with Crippen molar-refractivity contribution in [3.05, 3.63) is 146 Å². The van der Waals surface area contributed by atoms with Gasteiger partial charge in [0.2, 0.25) is 0 Å². The fourth-order valence-corrected chi connectivity index (χ4v) is 6.28. The van der Waals surface area contributed by atoms with Crippen molar-refractivity contribution >= 4 is 43.6 Å². The molecule has 0 atom stereocenters. The average Bonchev–Trinajstić information content (AvgIpc) is 3.51. The van der Waals surface area contributed by atoms with Gasteiger partial charge in [-0.25, -0.2) is 15.0 Å². The van der Waals surface area contributed by atoms with Gasteiger partial charge in [0.05, 0.1) is 11.1 Å². The van der Waals surface area contributed by atoms with Gasteiger partial charge in [0.15, 0.2) is 17.5 Å². The first-order valence-corrected chi connectivity index (χ1v) is 14.9. The fraction of sp³-hybridized carbons (Fsp3) is 0. The van der Waals surface area contributed by atoms with Gasteiger partial charge in [-0.15, -0.1) is 0 Å². The van der Waals surface area contributed by atoms with E-state index in [9.17, 15) is 0 Å². The molecule has 0 saturated carbocycles. The Hall–Kier alpha value is -6.20. The average molecular weight is 577 g/mol. The van der Waals surface area contributed by atoms with Gasteiger partial charge in [0.1, 0.15) is 11.2 Å². The van der Waals surface area contributed by atoms with E-state index in [1.807, 2.05) is 85.1 Å². The molecular formula is C40H24N4O. The Balaban J connectivity index is 1.30. The van der Waals surface area contributed by atoms with Crippen molar-refractivity contribution in [3.63, 3.8) is 0 Å². The lowest BCUT2D eigenvalue weighted by Gasteiger charge is -2.10. The van der Waals surface area contributed by atoms with Crippen LogP contribution in [0.2, 0.25) is 0 Å². The number of fused-ring (bicyclic) bond motifs is 6. The highest BCUT2D eigenvalue weighted by Crippen LogP contribution is 2.42. The number of aromatic nitrogens is 4. The lowest BCUT2D eigenvalue weighted by Crippen LogP contribution is -2.00. The Morgan fingerprint density at radius 3 is 1.67 bits per heavy atom. The van der Waals surface area contributed by atoms with Crippen LogP contribution in [-0.4, -0.2) is 19.9 Å². The van der Waals surface area contributed by atoms with Gasteiger partial charge in [0, 0.05) is 44.4 Å². The third-order valence-electron chi connectivity index (χ3n) is 8.37. The summed E-state index contributed by atoms with van der Waals surface area (Å²) in [5.41, 5.74) is 7.31. The Labute approximate surface area is 258 Å². The van der Waals surface area contributed by atoms with E-state index in [-0.39, 0.29) is 0 Å². The number of hydrogen-bond acceptors (Lipinski definition) is 5. The second-order valence-corrected chi connectivity index (χ2v) is 11.0. The van der Waals surface area contributed by atoms with Gasteiger partial charge in [0.25, 0.3) is 0 Å². The second-order valence-electron chi connectivity index (χ2n) is 11.0. The molecular weight excluding hydrogens is 552 g/mol. The van der Waals surface area contributed by atoms with Crippen molar-refractivity contribution in [2.24, 2.45) is 0 Å². The van der Waals surface area contributed by atoms with Crippen LogP contribution in [0.25, 0.3) is 88.9 Å². The Bertz CT molecular complexity index is 2480. The SMILES string of the molecule is c1ccc(-c2nc(-c3ccccc3)nc(-c3cccc4c3oc3c(-c5cccc6ccc7cccnc7c56)cccc34)n2)cc1. The molecule has 3 heterocycles. The first-order chi connectivity index (χ1) is 22.3. The van der Waals surface area contributed by atoms with Crippen molar-refractivity contribution in [1.29, 1.82) is 0 Å². The molecule has 5 heteroatoms. The number of pyridine rings is 1. The minimum Gasteiger partial charge on any atom is -0.455 e. The van der Waals surface area contributed by atoms with E-state index >= 15 is 0 Å². The van der Waals surface area contributed by atoms with Crippen LogP contribution in [0, 0.1) is 0 Å². The summed E-state index contributed by atoms with van der Waals surface area (Å²) in [5.74, 6) is 1.79. The zero-order valence-corrected chi connectivity index (χ0v) is 24.1.